The van der Waals surface area contributed by atoms with Crippen LogP contribution in [-0.2, 0) is 0 Å². The molecule has 0 saturated heterocycles. The molecule has 1 aliphatic heterocycles. The topological polar surface area (TPSA) is 28.2 Å². The number of rotatable bonds is 3. The van der Waals surface area contributed by atoms with Gasteiger partial charge in [-0.15, -0.1) is 0 Å². The van der Waals surface area contributed by atoms with E-state index in [9.17, 15) is 0 Å². The van der Waals surface area contributed by atoms with Crippen molar-refractivity contribution >= 4 is 50.5 Å². The molecule has 6 aromatic rings. The molecule has 1 aliphatic carbocycles. The fourth-order valence-corrected chi connectivity index (χ4v) is 6.07. The summed E-state index contributed by atoms with van der Waals surface area (Å²) in [7, 11) is 0. The molecule has 2 heterocycles. The Kier molecular flexibility index (Phi) is 4.29. The van der Waals surface area contributed by atoms with E-state index < -0.39 is 0 Å². The van der Waals surface area contributed by atoms with Gasteiger partial charge in [0.25, 0.3) is 0 Å². The molecule has 37 heavy (non-hydrogen) atoms. The first kappa shape index (κ1) is 20.3. The Morgan fingerprint density at radius 1 is 0.676 bits per heavy atom. The summed E-state index contributed by atoms with van der Waals surface area (Å²) in [5.74, 6) is 0. The molecule has 0 radical (unpaired) electrons. The van der Waals surface area contributed by atoms with Gasteiger partial charge >= 0.3 is 0 Å². The maximum Gasteiger partial charge on any atom is 0.0941 e. The van der Waals surface area contributed by atoms with Crippen LogP contribution in [0, 0.1) is 0 Å². The number of nitrogens with zero attached hydrogens (tertiary/aromatic N) is 2. The van der Waals surface area contributed by atoms with Gasteiger partial charge < -0.3 is 10.2 Å². The highest BCUT2D eigenvalue weighted by molar-refractivity contribution is 6.19. The molecular weight excluding hydrogens is 450 g/mol. The van der Waals surface area contributed by atoms with Gasteiger partial charge in [-0.3, -0.25) is 4.98 Å². The smallest absolute Gasteiger partial charge is 0.0941 e. The van der Waals surface area contributed by atoms with Crippen LogP contribution >= 0.6 is 0 Å². The minimum atomic E-state index is 0.798. The molecule has 1 aromatic heterocycles. The van der Waals surface area contributed by atoms with Gasteiger partial charge in [-0.2, -0.15) is 0 Å². The molecule has 0 fully saturated rings. The predicted molar refractivity (Wildman–Crippen MR) is 156 cm³/mol. The van der Waals surface area contributed by atoms with Crippen molar-refractivity contribution in [3.05, 3.63) is 121 Å². The van der Waals surface area contributed by atoms with E-state index in [1.54, 1.807) is 0 Å². The molecule has 3 nitrogen and oxygen atoms in total. The maximum atomic E-state index is 4.73. The Labute approximate surface area is 215 Å². The van der Waals surface area contributed by atoms with E-state index in [1.165, 1.54) is 38.7 Å². The highest BCUT2D eigenvalue weighted by atomic mass is 15.1. The second kappa shape index (κ2) is 7.81. The molecule has 1 N–H and O–H groups in total. The van der Waals surface area contributed by atoms with Crippen LogP contribution < -0.4 is 10.2 Å². The molecular formula is C34H23N3. The lowest BCUT2D eigenvalue weighted by Gasteiger charge is -2.31. The average molecular weight is 474 g/mol. The fourth-order valence-electron chi connectivity index (χ4n) is 6.07. The minimum Gasteiger partial charge on any atom is -0.379 e. The lowest BCUT2D eigenvalue weighted by Crippen LogP contribution is -2.15. The van der Waals surface area contributed by atoms with Gasteiger partial charge in [0, 0.05) is 34.8 Å². The van der Waals surface area contributed by atoms with E-state index in [-0.39, 0.29) is 0 Å². The molecule has 3 heteroatoms. The Morgan fingerprint density at radius 3 is 2.32 bits per heavy atom. The molecule has 5 aromatic carbocycles. The second-order valence-corrected chi connectivity index (χ2v) is 9.62. The molecule has 174 valence electrons. The summed E-state index contributed by atoms with van der Waals surface area (Å²) in [6, 6.07) is 37.2. The van der Waals surface area contributed by atoms with E-state index in [4.69, 9.17) is 4.98 Å². The number of hydrogen-bond acceptors (Lipinski definition) is 3. The number of benzene rings is 5. The number of fused-ring (bicyclic) bond motifs is 6. The molecule has 0 bridgehead atoms. The third-order valence-electron chi connectivity index (χ3n) is 7.62. The van der Waals surface area contributed by atoms with Gasteiger partial charge in [-0.05, 0) is 58.0 Å². The third kappa shape index (κ3) is 2.91. The van der Waals surface area contributed by atoms with Crippen LogP contribution in [0.15, 0.2) is 115 Å². The van der Waals surface area contributed by atoms with Crippen LogP contribution in [0.5, 0.6) is 0 Å². The molecule has 0 amide bonds. The number of pyridine rings is 1. The zero-order valence-corrected chi connectivity index (χ0v) is 20.1. The number of aromatic nitrogens is 1. The Morgan fingerprint density at radius 2 is 1.46 bits per heavy atom. The summed E-state index contributed by atoms with van der Waals surface area (Å²) < 4.78 is 0. The lowest BCUT2D eigenvalue weighted by atomic mass is 9.98. The van der Waals surface area contributed by atoms with Crippen molar-refractivity contribution in [3.63, 3.8) is 0 Å². The van der Waals surface area contributed by atoms with Crippen LogP contribution in [0.3, 0.4) is 0 Å². The summed E-state index contributed by atoms with van der Waals surface area (Å²) in [5.41, 5.74) is 11.9. The molecule has 0 spiro atoms. The zero-order valence-electron chi connectivity index (χ0n) is 20.1. The lowest BCUT2D eigenvalue weighted by molar-refractivity contribution is 1.26. The molecule has 0 saturated carbocycles. The predicted octanol–water partition coefficient (Wildman–Crippen LogP) is 8.94. The van der Waals surface area contributed by atoms with Crippen molar-refractivity contribution < 1.29 is 0 Å². The standard InChI is InChI=1S/C34H23N3/c1-2-10-23(11-3-1)37(31-21-22-9-7-19-35-33(22)34-29(31)16-8-20-36-34)30-18-17-27-25-13-5-4-12-24(25)26-14-6-15-28(30)32(26)27/h1-19,21,36H,20H2. The number of anilines is 4. The maximum absolute atomic E-state index is 4.73. The summed E-state index contributed by atoms with van der Waals surface area (Å²) in [6.45, 7) is 0.798. The van der Waals surface area contributed by atoms with Crippen LogP contribution in [0.4, 0.5) is 22.7 Å². The van der Waals surface area contributed by atoms with Gasteiger partial charge in [0.05, 0.1) is 22.6 Å². The molecule has 8 rings (SSSR count). The van der Waals surface area contributed by atoms with Crippen LogP contribution in [-0.4, -0.2) is 11.5 Å². The monoisotopic (exact) mass is 473 g/mol. The summed E-state index contributed by atoms with van der Waals surface area (Å²) in [4.78, 5) is 7.14. The number of nitrogens with one attached hydrogen (secondary N) is 1. The van der Waals surface area contributed by atoms with Crippen LogP contribution in [0.25, 0.3) is 50.0 Å². The van der Waals surface area contributed by atoms with E-state index in [1.807, 2.05) is 12.3 Å². The van der Waals surface area contributed by atoms with Gasteiger partial charge in [-0.1, -0.05) is 84.9 Å². The Bertz CT molecular complexity index is 1860. The highest BCUT2D eigenvalue weighted by Gasteiger charge is 2.26. The van der Waals surface area contributed by atoms with Crippen LogP contribution in [0.2, 0.25) is 0 Å². The second-order valence-electron chi connectivity index (χ2n) is 9.62. The SMILES string of the molecule is C1=Cc2c(N(c3ccccc3)c3ccc4c5c(cccc35)-c3ccccc3-4)cc3cccnc3c2NC1. The summed E-state index contributed by atoms with van der Waals surface area (Å²) in [5, 5.41) is 7.31. The van der Waals surface area contributed by atoms with Crippen molar-refractivity contribution in [2.75, 3.05) is 16.8 Å². The molecule has 2 aliphatic rings. The Balaban J connectivity index is 1.47. The number of hydrogen-bond donors (Lipinski definition) is 1. The fraction of sp³-hybridized carbons (Fsp3) is 0.0294. The first-order chi connectivity index (χ1) is 18.4. The van der Waals surface area contributed by atoms with Crippen molar-refractivity contribution in [2.24, 2.45) is 0 Å². The highest BCUT2D eigenvalue weighted by Crippen LogP contribution is 2.52. The first-order valence-electron chi connectivity index (χ1n) is 12.7. The van der Waals surface area contributed by atoms with Gasteiger partial charge in [-0.25, -0.2) is 0 Å². The largest absolute Gasteiger partial charge is 0.379 e. The molecule has 0 unspecified atom stereocenters. The zero-order chi connectivity index (χ0) is 24.3. The van der Waals surface area contributed by atoms with Crippen molar-refractivity contribution in [1.82, 2.24) is 4.98 Å². The van der Waals surface area contributed by atoms with Crippen molar-refractivity contribution in [3.8, 4) is 22.3 Å². The quantitative estimate of drug-likeness (QED) is 0.278. The summed E-state index contributed by atoms with van der Waals surface area (Å²) in [6.07, 6.45) is 6.30. The van der Waals surface area contributed by atoms with E-state index >= 15 is 0 Å². The van der Waals surface area contributed by atoms with Crippen molar-refractivity contribution in [1.29, 1.82) is 0 Å². The van der Waals surface area contributed by atoms with Gasteiger partial charge in [0.1, 0.15) is 0 Å². The Hall–Kier alpha value is -4.89. The van der Waals surface area contributed by atoms with Crippen LogP contribution in [0.1, 0.15) is 5.56 Å². The minimum absolute atomic E-state index is 0.798. The number of para-hydroxylation sites is 1. The van der Waals surface area contributed by atoms with E-state index in [0.717, 1.165) is 40.1 Å². The van der Waals surface area contributed by atoms with Gasteiger partial charge in [0.15, 0.2) is 0 Å². The first-order valence-corrected chi connectivity index (χ1v) is 12.7. The summed E-state index contributed by atoms with van der Waals surface area (Å²) >= 11 is 0. The third-order valence-corrected chi connectivity index (χ3v) is 7.62. The average Bonchev–Trinajstić information content (AvgIpc) is 3.30. The molecule has 0 atom stereocenters. The van der Waals surface area contributed by atoms with Crippen molar-refractivity contribution in [2.45, 2.75) is 0 Å². The van der Waals surface area contributed by atoms with E-state index in [2.05, 4.69) is 119 Å². The normalized spacial score (nSPS) is 12.9. The van der Waals surface area contributed by atoms with Gasteiger partial charge in [0.2, 0.25) is 0 Å². The van der Waals surface area contributed by atoms with E-state index in [0.29, 0.717) is 0 Å².